The summed E-state index contributed by atoms with van der Waals surface area (Å²) in [6.45, 7) is 0.400. The van der Waals surface area contributed by atoms with Crippen LogP contribution in [0.4, 0.5) is 16.0 Å². The van der Waals surface area contributed by atoms with Gasteiger partial charge in [-0.05, 0) is 94.3 Å². The van der Waals surface area contributed by atoms with Crippen LogP contribution < -0.4 is 5.32 Å². The minimum Gasteiger partial charge on any atom is -0.358 e. The number of hydrogen-bond donors (Lipinski definition) is 1. The Labute approximate surface area is 225 Å². The van der Waals surface area contributed by atoms with Gasteiger partial charge in [-0.1, -0.05) is 23.7 Å². The number of nitrogens with zero attached hydrogens (tertiary/aromatic N) is 5. The predicted octanol–water partition coefficient (Wildman–Crippen LogP) is 5.92. The Morgan fingerprint density at radius 2 is 1.89 bits per heavy atom. The quantitative estimate of drug-likeness (QED) is 0.271. The van der Waals surface area contributed by atoms with E-state index in [-0.39, 0.29) is 28.5 Å². The van der Waals surface area contributed by atoms with Crippen molar-refractivity contribution in [1.82, 2.24) is 19.6 Å². The molecule has 4 aliphatic rings. The molecule has 9 nitrogen and oxygen atoms in total. The second-order valence-corrected chi connectivity index (χ2v) is 12.3. The number of hydrogen-bond acceptors (Lipinski definition) is 5. The van der Waals surface area contributed by atoms with Gasteiger partial charge in [-0.2, -0.15) is 9.78 Å². The molecule has 0 aliphatic heterocycles. The first-order chi connectivity index (χ1) is 17.6. The lowest BCUT2D eigenvalue weighted by molar-refractivity contribution is -0.390. The summed E-state index contributed by atoms with van der Waals surface area (Å²) in [5.41, 5.74) is 0.364. The molecule has 4 fully saturated rings. The second-order valence-electron chi connectivity index (χ2n) is 11.1. The van der Waals surface area contributed by atoms with E-state index in [1.54, 1.807) is 33.9 Å². The zero-order valence-electron chi connectivity index (χ0n) is 19.9. The van der Waals surface area contributed by atoms with Gasteiger partial charge in [-0.15, -0.1) is 0 Å². The van der Waals surface area contributed by atoms with Crippen molar-refractivity contribution in [3.63, 3.8) is 0 Å². The smallest absolute Gasteiger partial charge is 0.358 e. The van der Waals surface area contributed by atoms with Crippen molar-refractivity contribution in [1.29, 1.82) is 0 Å². The Kier molecular flexibility index (Phi) is 5.91. The van der Waals surface area contributed by atoms with Crippen LogP contribution >= 0.6 is 27.5 Å². The van der Waals surface area contributed by atoms with E-state index in [1.807, 2.05) is 0 Å². The van der Waals surface area contributed by atoms with Gasteiger partial charge < -0.3 is 15.4 Å². The molecule has 2 heterocycles. The summed E-state index contributed by atoms with van der Waals surface area (Å²) >= 11 is 9.67. The van der Waals surface area contributed by atoms with E-state index in [9.17, 15) is 19.3 Å². The number of nitrogens with one attached hydrogen (secondary N) is 1. The SMILES string of the molecule is O=C(CC12CC3CC(C1)CC(n1cc(Br)c([N+](=O)[O-])n1)(C3)C2)Nc1nn(Cc2ccc(F)cc2)cc1Cl. The highest BCUT2D eigenvalue weighted by Crippen LogP contribution is 2.65. The minimum absolute atomic E-state index is 0.140. The molecule has 4 aliphatic carbocycles. The minimum atomic E-state index is -0.469. The Bertz CT molecular complexity index is 1380. The summed E-state index contributed by atoms with van der Waals surface area (Å²) in [5.74, 6) is 0.621. The van der Waals surface area contributed by atoms with E-state index in [4.69, 9.17) is 11.6 Å². The average Bonchev–Trinajstić information content (AvgIpc) is 3.36. The average molecular weight is 592 g/mol. The second kappa shape index (κ2) is 8.90. The maximum absolute atomic E-state index is 13.3. The van der Waals surface area contributed by atoms with Gasteiger partial charge >= 0.3 is 5.82 Å². The number of anilines is 1. The highest BCUT2D eigenvalue weighted by atomic mass is 79.9. The van der Waals surface area contributed by atoms with E-state index in [0.717, 1.165) is 44.1 Å². The number of amides is 1. The van der Waals surface area contributed by atoms with E-state index in [0.29, 0.717) is 40.1 Å². The molecule has 37 heavy (non-hydrogen) atoms. The molecule has 1 aromatic carbocycles. The molecule has 3 aromatic rings. The number of halogens is 3. The van der Waals surface area contributed by atoms with Gasteiger partial charge in [0.15, 0.2) is 5.82 Å². The van der Waals surface area contributed by atoms with E-state index in [2.05, 4.69) is 31.4 Å². The fourth-order valence-electron chi connectivity index (χ4n) is 7.44. The lowest BCUT2D eigenvalue weighted by atomic mass is 9.46. The van der Waals surface area contributed by atoms with Crippen LogP contribution in [0.3, 0.4) is 0 Å². The van der Waals surface area contributed by atoms with Crippen LogP contribution in [0.25, 0.3) is 0 Å². The van der Waals surface area contributed by atoms with Gasteiger partial charge in [-0.25, -0.2) is 4.39 Å². The van der Waals surface area contributed by atoms with Gasteiger partial charge in [0.2, 0.25) is 5.91 Å². The third kappa shape index (κ3) is 4.56. The molecule has 2 unspecified atom stereocenters. The molecular formula is C25H25BrClFN6O3. The van der Waals surface area contributed by atoms with Gasteiger partial charge in [0, 0.05) is 12.6 Å². The molecule has 0 saturated heterocycles. The molecule has 194 valence electrons. The van der Waals surface area contributed by atoms with Crippen LogP contribution in [0.2, 0.25) is 5.02 Å². The molecule has 0 spiro atoms. The lowest BCUT2D eigenvalue weighted by Crippen LogP contribution is -2.57. The van der Waals surface area contributed by atoms with Crippen molar-refractivity contribution in [2.45, 2.75) is 57.0 Å². The Morgan fingerprint density at radius 1 is 1.19 bits per heavy atom. The Morgan fingerprint density at radius 3 is 2.54 bits per heavy atom. The van der Waals surface area contributed by atoms with E-state index < -0.39 is 4.92 Å². The molecule has 12 heteroatoms. The summed E-state index contributed by atoms with van der Waals surface area (Å²) in [5, 5.41) is 23.4. The number of aromatic nitrogens is 4. The highest BCUT2D eigenvalue weighted by Gasteiger charge is 2.60. The number of benzene rings is 1. The van der Waals surface area contributed by atoms with Crippen LogP contribution in [0.1, 0.15) is 50.5 Å². The zero-order valence-corrected chi connectivity index (χ0v) is 22.2. The van der Waals surface area contributed by atoms with Crippen molar-refractivity contribution in [3.8, 4) is 0 Å². The third-order valence-corrected chi connectivity index (χ3v) is 9.07. The lowest BCUT2D eigenvalue weighted by Gasteiger charge is -2.61. The van der Waals surface area contributed by atoms with Gasteiger partial charge in [-0.3, -0.25) is 9.48 Å². The van der Waals surface area contributed by atoms with Crippen LogP contribution in [0.5, 0.6) is 0 Å². The highest BCUT2D eigenvalue weighted by molar-refractivity contribution is 9.10. The van der Waals surface area contributed by atoms with E-state index >= 15 is 0 Å². The van der Waals surface area contributed by atoms with Crippen molar-refractivity contribution in [3.05, 3.63) is 67.6 Å². The molecule has 4 saturated carbocycles. The maximum Gasteiger partial charge on any atom is 0.404 e. The number of nitro groups is 1. The molecular weight excluding hydrogens is 567 g/mol. The summed E-state index contributed by atoms with van der Waals surface area (Å²) in [6.07, 6.45) is 9.40. The zero-order chi connectivity index (χ0) is 25.9. The van der Waals surface area contributed by atoms with Crippen LogP contribution in [-0.2, 0) is 16.9 Å². The molecule has 1 N–H and O–H groups in total. The molecule has 2 atom stereocenters. The fourth-order valence-corrected chi connectivity index (χ4v) is 8.06. The maximum atomic E-state index is 13.3. The van der Waals surface area contributed by atoms with Gasteiger partial charge in [0.05, 0.1) is 23.4 Å². The summed E-state index contributed by atoms with van der Waals surface area (Å²) in [7, 11) is 0. The first-order valence-electron chi connectivity index (χ1n) is 12.3. The molecule has 2 aromatic heterocycles. The van der Waals surface area contributed by atoms with Gasteiger partial charge in [0.1, 0.15) is 15.3 Å². The van der Waals surface area contributed by atoms with Crippen molar-refractivity contribution < 1.29 is 14.1 Å². The van der Waals surface area contributed by atoms with Crippen molar-refractivity contribution in [2.24, 2.45) is 17.3 Å². The van der Waals surface area contributed by atoms with Crippen molar-refractivity contribution in [2.75, 3.05) is 5.32 Å². The van der Waals surface area contributed by atoms with Crippen molar-refractivity contribution >= 4 is 45.1 Å². The summed E-state index contributed by atoms with van der Waals surface area (Å²) in [4.78, 5) is 24.2. The van der Waals surface area contributed by atoms with Crippen LogP contribution in [0.15, 0.2) is 41.1 Å². The summed E-state index contributed by atoms with van der Waals surface area (Å²) < 4.78 is 17.0. The first-order valence-corrected chi connectivity index (χ1v) is 13.5. The van der Waals surface area contributed by atoms with E-state index in [1.165, 1.54) is 12.1 Å². The van der Waals surface area contributed by atoms with Crippen LogP contribution in [0, 0.1) is 33.2 Å². The summed E-state index contributed by atoms with van der Waals surface area (Å²) in [6, 6.07) is 6.14. The van der Waals surface area contributed by atoms with Crippen LogP contribution in [-0.4, -0.2) is 30.4 Å². The topological polar surface area (TPSA) is 108 Å². The number of rotatable bonds is 7. The largest absolute Gasteiger partial charge is 0.404 e. The normalized spacial score (nSPS) is 28.0. The Balaban J connectivity index is 1.18. The van der Waals surface area contributed by atoms with Gasteiger partial charge in [0.25, 0.3) is 0 Å². The molecule has 0 radical (unpaired) electrons. The molecule has 4 bridgehead atoms. The number of carbonyl (C=O) groups is 1. The molecule has 1 amide bonds. The number of carbonyl (C=O) groups excluding carboxylic acids is 1. The predicted molar refractivity (Wildman–Crippen MR) is 138 cm³/mol. The Hall–Kier alpha value is -2.79. The third-order valence-electron chi connectivity index (χ3n) is 8.23. The molecule has 7 rings (SSSR count). The fraction of sp³-hybridized carbons (Fsp3) is 0.480. The first kappa shape index (κ1) is 24.5. The monoisotopic (exact) mass is 590 g/mol. The standard InChI is InChI=1S/C25H25BrClFN6O3/c26-19-12-33(31-23(19)34(36)37)25-8-16-5-17(9-25)7-24(6-16,14-25)10-21(35)29-22-20(27)13-32(30-22)11-15-1-3-18(28)4-2-15/h1-4,12-13,16-17H,5-11,14H2,(H,29,30,35).